The number of carbonyl (C=O) groups is 1. The van der Waals surface area contributed by atoms with E-state index in [1.807, 2.05) is 0 Å². The van der Waals surface area contributed by atoms with Crippen molar-refractivity contribution < 1.29 is 9.90 Å². The van der Waals surface area contributed by atoms with Gasteiger partial charge in [0.2, 0.25) is 0 Å². The molecule has 3 nitrogen and oxygen atoms in total. The topological polar surface area (TPSA) is 63.3 Å². The van der Waals surface area contributed by atoms with Crippen LogP contribution in [0.5, 0.6) is 0 Å². The Morgan fingerprint density at radius 3 is 2.11 bits per heavy atom. The lowest BCUT2D eigenvalue weighted by Crippen LogP contribution is -2.09. The first-order valence-electron chi connectivity index (χ1n) is 8.12. The van der Waals surface area contributed by atoms with Crippen LogP contribution < -0.4 is 5.73 Å². The average Bonchev–Trinajstić information content (AvgIpc) is 2.37. The summed E-state index contributed by atoms with van der Waals surface area (Å²) in [6.07, 6.45) is 13.8. The van der Waals surface area contributed by atoms with Gasteiger partial charge >= 0.3 is 5.97 Å². The minimum atomic E-state index is -0.678. The van der Waals surface area contributed by atoms with E-state index in [-0.39, 0.29) is 0 Å². The minimum Gasteiger partial charge on any atom is -0.481 e. The summed E-state index contributed by atoms with van der Waals surface area (Å²) in [7, 11) is 0. The molecule has 0 aliphatic heterocycles. The molecule has 0 saturated heterocycles. The fourth-order valence-corrected chi connectivity index (χ4v) is 2.60. The molecular formula is C16H33NO2. The van der Waals surface area contributed by atoms with Crippen LogP contribution in [0.25, 0.3) is 0 Å². The second-order valence-electron chi connectivity index (χ2n) is 5.64. The van der Waals surface area contributed by atoms with Gasteiger partial charge in [0, 0.05) is 6.42 Å². The predicted molar refractivity (Wildman–Crippen MR) is 81.3 cm³/mol. The fourth-order valence-electron chi connectivity index (χ4n) is 2.60. The van der Waals surface area contributed by atoms with Gasteiger partial charge in [0.25, 0.3) is 0 Å². The van der Waals surface area contributed by atoms with Crippen LogP contribution in [-0.2, 0) is 4.79 Å². The van der Waals surface area contributed by atoms with Crippen molar-refractivity contribution in [3.63, 3.8) is 0 Å². The van der Waals surface area contributed by atoms with Crippen LogP contribution in [-0.4, -0.2) is 17.6 Å². The SMILES string of the molecule is CCCCCCCCCC(CCN)CCCC(=O)O. The Morgan fingerprint density at radius 1 is 0.947 bits per heavy atom. The summed E-state index contributed by atoms with van der Waals surface area (Å²) in [5, 5.41) is 8.65. The molecule has 3 heteroatoms. The highest BCUT2D eigenvalue weighted by atomic mass is 16.4. The number of hydrogen-bond donors (Lipinski definition) is 2. The van der Waals surface area contributed by atoms with Gasteiger partial charge in [-0.05, 0) is 31.7 Å². The van der Waals surface area contributed by atoms with E-state index in [0.717, 1.165) is 25.8 Å². The summed E-state index contributed by atoms with van der Waals surface area (Å²) in [6.45, 7) is 2.97. The first-order valence-corrected chi connectivity index (χ1v) is 8.12. The van der Waals surface area contributed by atoms with Crippen LogP contribution in [0.3, 0.4) is 0 Å². The molecule has 0 aromatic heterocycles. The smallest absolute Gasteiger partial charge is 0.303 e. The summed E-state index contributed by atoms with van der Waals surface area (Å²) < 4.78 is 0. The van der Waals surface area contributed by atoms with Crippen LogP contribution >= 0.6 is 0 Å². The molecule has 0 heterocycles. The van der Waals surface area contributed by atoms with Crippen molar-refractivity contribution in [1.82, 2.24) is 0 Å². The molecule has 0 fully saturated rings. The van der Waals surface area contributed by atoms with Crippen molar-refractivity contribution in [2.45, 2.75) is 84.0 Å². The standard InChI is InChI=1S/C16H33NO2/c1-2-3-4-5-6-7-8-10-15(13-14-17)11-9-12-16(18)19/h15H,2-14,17H2,1H3,(H,18,19). The van der Waals surface area contributed by atoms with Gasteiger partial charge in [0.05, 0.1) is 0 Å². The van der Waals surface area contributed by atoms with Crippen LogP contribution in [0.2, 0.25) is 0 Å². The number of rotatable bonds is 14. The third-order valence-corrected chi connectivity index (χ3v) is 3.79. The zero-order chi connectivity index (χ0) is 14.3. The van der Waals surface area contributed by atoms with E-state index in [4.69, 9.17) is 10.8 Å². The first-order chi connectivity index (χ1) is 9.20. The monoisotopic (exact) mass is 271 g/mol. The number of carboxylic acids is 1. The first kappa shape index (κ1) is 18.4. The van der Waals surface area contributed by atoms with Crippen LogP contribution in [0.15, 0.2) is 0 Å². The van der Waals surface area contributed by atoms with Gasteiger partial charge in [-0.3, -0.25) is 4.79 Å². The van der Waals surface area contributed by atoms with Crippen molar-refractivity contribution in [2.75, 3.05) is 6.54 Å². The van der Waals surface area contributed by atoms with Crippen molar-refractivity contribution in [2.24, 2.45) is 11.7 Å². The van der Waals surface area contributed by atoms with Gasteiger partial charge < -0.3 is 10.8 Å². The second kappa shape index (κ2) is 13.9. The molecule has 0 bridgehead atoms. The summed E-state index contributed by atoms with van der Waals surface area (Å²) >= 11 is 0. The highest BCUT2D eigenvalue weighted by Gasteiger charge is 2.08. The average molecular weight is 271 g/mol. The van der Waals surface area contributed by atoms with E-state index >= 15 is 0 Å². The summed E-state index contributed by atoms with van der Waals surface area (Å²) in [4.78, 5) is 10.5. The van der Waals surface area contributed by atoms with Crippen molar-refractivity contribution in [3.05, 3.63) is 0 Å². The number of aliphatic carboxylic acids is 1. The molecule has 114 valence electrons. The van der Waals surface area contributed by atoms with E-state index in [1.165, 1.54) is 51.4 Å². The minimum absolute atomic E-state index is 0.304. The predicted octanol–water partition coefficient (Wildman–Crippen LogP) is 4.35. The molecule has 0 aromatic carbocycles. The Bertz CT molecular complexity index is 207. The maximum absolute atomic E-state index is 10.5. The lowest BCUT2D eigenvalue weighted by Gasteiger charge is -2.15. The zero-order valence-electron chi connectivity index (χ0n) is 12.7. The molecule has 1 unspecified atom stereocenters. The largest absolute Gasteiger partial charge is 0.481 e. The number of unbranched alkanes of at least 4 members (excludes halogenated alkanes) is 6. The van der Waals surface area contributed by atoms with Gasteiger partial charge in [0.15, 0.2) is 0 Å². The zero-order valence-corrected chi connectivity index (χ0v) is 12.7. The van der Waals surface area contributed by atoms with Gasteiger partial charge in [-0.25, -0.2) is 0 Å². The molecule has 1 atom stereocenters. The lowest BCUT2D eigenvalue weighted by atomic mass is 9.92. The molecule has 0 spiro atoms. The molecule has 0 aliphatic carbocycles. The summed E-state index contributed by atoms with van der Waals surface area (Å²) in [6, 6.07) is 0. The van der Waals surface area contributed by atoms with E-state index in [2.05, 4.69) is 6.92 Å². The molecule has 19 heavy (non-hydrogen) atoms. The maximum Gasteiger partial charge on any atom is 0.303 e. The quantitative estimate of drug-likeness (QED) is 0.462. The number of carboxylic acid groups (broad SMARTS) is 1. The highest BCUT2D eigenvalue weighted by molar-refractivity contribution is 5.66. The van der Waals surface area contributed by atoms with E-state index in [1.54, 1.807) is 0 Å². The van der Waals surface area contributed by atoms with Crippen LogP contribution in [0.4, 0.5) is 0 Å². The normalized spacial score (nSPS) is 12.5. The summed E-state index contributed by atoms with van der Waals surface area (Å²) in [5.74, 6) is -0.0394. The van der Waals surface area contributed by atoms with Crippen LogP contribution in [0.1, 0.15) is 84.0 Å². The number of hydrogen-bond acceptors (Lipinski definition) is 2. The van der Waals surface area contributed by atoms with Gasteiger partial charge in [-0.1, -0.05) is 58.3 Å². The van der Waals surface area contributed by atoms with Gasteiger partial charge in [0.1, 0.15) is 0 Å². The second-order valence-corrected chi connectivity index (χ2v) is 5.64. The Balaban J connectivity index is 3.50. The molecule has 3 N–H and O–H groups in total. The van der Waals surface area contributed by atoms with Crippen LogP contribution in [0, 0.1) is 5.92 Å². The molecule has 0 radical (unpaired) electrons. The molecule has 0 saturated carbocycles. The molecular weight excluding hydrogens is 238 g/mol. The van der Waals surface area contributed by atoms with E-state index < -0.39 is 5.97 Å². The van der Waals surface area contributed by atoms with Gasteiger partial charge in [-0.2, -0.15) is 0 Å². The third-order valence-electron chi connectivity index (χ3n) is 3.79. The summed E-state index contributed by atoms with van der Waals surface area (Å²) in [5.41, 5.74) is 5.63. The van der Waals surface area contributed by atoms with E-state index in [0.29, 0.717) is 12.3 Å². The van der Waals surface area contributed by atoms with Gasteiger partial charge in [-0.15, -0.1) is 0 Å². The van der Waals surface area contributed by atoms with Crippen molar-refractivity contribution in [1.29, 1.82) is 0 Å². The Hall–Kier alpha value is -0.570. The molecule has 0 aromatic rings. The van der Waals surface area contributed by atoms with E-state index in [9.17, 15) is 4.79 Å². The lowest BCUT2D eigenvalue weighted by molar-refractivity contribution is -0.137. The Morgan fingerprint density at radius 2 is 1.53 bits per heavy atom. The molecule has 0 aliphatic rings. The Labute approximate surface area is 119 Å². The van der Waals surface area contributed by atoms with Crippen molar-refractivity contribution >= 4 is 5.97 Å². The van der Waals surface area contributed by atoms with Crippen molar-refractivity contribution in [3.8, 4) is 0 Å². The maximum atomic E-state index is 10.5. The fraction of sp³-hybridized carbons (Fsp3) is 0.938. The highest BCUT2D eigenvalue weighted by Crippen LogP contribution is 2.20. The molecule has 0 amide bonds. The Kier molecular flexibility index (Phi) is 13.4. The third kappa shape index (κ3) is 13.7. The number of nitrogens with two attached hydrogens (primary N) is 1. The molecule has 0 rings (SSSR count).